The highest BCUT2D eigenvalue weighted by atomic mass is 16.5. The lowest BCUT2D eigenvalue weighted by Crippen LogP contribution is -2.44. The van der Waals surface area contributed by atoms with Crippen LogP contribution in [-0.4, -0.2) is 69.9 Å². The van der Waals surface area contributed by atoms with Gasteiger partial charge in [-0.25, -0.2) is 4.68 Å². The van der Waals surface area contributed by atoms with Crippen molar-refractivity contribution in [1.29, 1.82) is 0 Å². The van der Waals surface area contributed by atoms with E-state index in [-0.39, 0.29) is 18.1 Å². The summed E-state index contributed by atoms with van der Waals surface area (Å²) in [5.74, 6) is 1.68. The number of fused-ring (bicyclic) bond motifs is 5. The second kappa shape index (κ2) is 9.43. The number of hydrogen-bond donors (Lipinski definition) is 1. The molecule has 1 N–H and O–H groups in total. The summed E-state index contributed by atoms with van der Waals surface area (Å²) in [4.78, 5) is 15.4. The van der Waals surface area contributed by atoms with Gasteiger partial charge in [0.05, 0.1) is 44.3 Å². The molecule has 2 atom stereocenters. The summed E-state index contributed by atoms with van der Waals surface area (Å²) in [5.41, 5.74) is 3.16. The number of amides is 1. The summed E-state index contributed by atoms with van der Waals surface area (Å²) in [6.45, 7) is 6.97. The molecule has 4 heterocycles. The highest BCUT2D eigenvalue weighted by molar-refractivity contribution is 5.95. The highest BCUT2D eigenvalue weighted by Crippen LogP contribution is 2.29. The molecule has 0 saturated carbocycles. The zero-order valence-electron chi connectivity index (χ0n) is 19.5. The molecule has 0 aliphatic carbocycles. The Labute approximate surface area is 196 Å². The lowest BCUT2D eigenvalue weighted by atomic mass is 10.1. The molecule has 5 rings (SSSR count). The minimum Gasteiger partial charge on any atom is -0.493 e. The number of nitrogens with one attached hydrogen (secondary N) is 1. The van der Waals surface area contributed by atoms with Crippen LogP contribution in [0.15, 0.2) is 28.9 Å². The van der Waals surface area contributed by atoms with Crippen LogP contribution >= 0.6 is 0 Å². The topological polar surface area (TPSA) is 117 Å². The molecule has 34 heavy (non-hydrogen) atoms. The molecule has 0 unspecified atom stereocenters. The van der Waals surface area contributed by atoms with Gasteiger partial charge in [-0.3, -0.25) is 9.69 Å². The number of aromatic nitrogens is 4. The van der Waals surface area contributed by atoms with Crippen LogP contribution in [0.25, 0.3) is 0 Å². The quantitative estimate of drug-likeness (QED) is 0.610. The van der Waals surface area contributed by atoms with Gasteiger partial charge in [0.1, 0.15) is 18.1 Å². The molecule has 11 heteroatoms. The molecule has 1 amide bonds. The van der Waals surface area contributed by atoms with Crippen molar-refractivity contribution in [2.75, 3.05) is 26.8 Å². The van der Waals surface area contributed by atoms with Crippen molar-refractivity contribution in [2.45, 2.75) is 45.7 Å². The number of ether oxygens (including phenoxy) is 3. The molecule has 2 aliphatic rings. The van der Waals surface area contributed by atoms with Gasteiger partial charge in [-0.05, 0) is 32.0 Å². The predicted molar refractivity (Wildman–Crippen MR) is 120 cm³/mol. The van der Waals surface area contributed by atoms with Gasteiger partial charge in [0.15, 0.2) is 11.5 Å². The number of aryl methyl sites for hydroxylation is 2. The van der Waals surface area contributed by atoms with Gasteiger partial charge in [-0.2, -0.15) is 0 Å². The predicted octanol–water partition coefficient (Wildman–Crippen LogP) is 1.48. The second-order valence-corrected chi connectivity index (χ2v) is 8.61. The van der Waals surface area contributed by atoms with Gasteiger partial charge in [0.2, 0.25) is 0 Å². The molecule has 0 spiro atoms. The third-order valence-corrected chi connectivity index (χ3v) is 6.26. The maximum atomic E-state index is 13.2. The van der Waals surface area contributed by atoms with Crippen LogP contribution in [0.3, 0.4) is 0 Å². The average Bonchev–Trinajstić information content (AvgIpc) is 3.52. The van der Waals surface area contributed by atoms with E-state index in [1.807, 2.05) is 20.0 Å². The van der Waals surface area contributed by atoms with E-state index in [0.717, 1.165) is 22.7 Å². The summed E-state index contributed by atoms with van der Waals surface area (Å²) in [6, 6.07) is 4.96. The van der Waals surface area contributed by atoms with Crippen LogP contribution < -0.4 is 14.8 Å². The van der Waals surface area contributed by atoms with Crippen molar-refractivity contribution < 1.29 is 23.5 Å². The van der Waals surface area contributed by atoms with Crippen LogP contribution in [0.1, 0.15) is 33.1 Å². The number of carbonyl (C=O) groups excluding carboxylic acids is 1. The number of likely N-dealkylation sites (tertiary alicyclic amines) is 1. The zero-order valence-corrected chi connectivity index (χ0v) is 19.5. The van der Waals surface area contributed by atoms with Gasteiger partial charge < -0.3 is 24.1 Å². The van der Waals surface area contributed by atoms with Crippen LogP contribution in [0, 0.1) is 13.8 Å². The van der Waals surface area contributed by atoms with E-state index in [2.05, 4.69) is 25.7 Å². The van der Waals surface area contributed by atoms with E-state index >= 15 is 0 Å². The van der Waals surface area contributed by atoms with E-state index in [1.165, 1.54) is 0 Å². The van der Waals surface area contributed by atoms with Crippen molar-refractivity contribution in [3.63, 3.8) is 0 Å². The van der Waals surface area contributed by atoms with E-state index in [9.17, 15) is 4.79 Å². The van der Waals surface area contributed by atoms with E-state index in [1.54, 1.807) is 30.0 Å². The normalized spacial score (nSPS) is 21.2. The Morgan fingerprint density at radius 2 is 2.15 bits per heavy atom. The Morgan fingerprint density at radius 1 is 1.26 bits per heavy atom. The molecule has 3 aromatic rings. The van der Waals surface area contributed by atoms with Crippen molar-refractivity contribution in [3.8, 4) is 11.5 Å². The van der Waals surface area contributed by atoms with Crippen LogP contribution in [0.2, 0.25) is 0 Å². The highest BCUT2D eigenvalue weighted by Gasteiger charge is 2.36. The maximum Gasteiger partial charge on any atom is 0.251 e. The largest absolute Gasteiger partial charge is 0.493 e. The Bertz CT molecular complexity index is 1160. The standard InChI is InChI=1S/C23H28N6O5/c1-14-18(15(2)34-26-14)10-28-11-19-22(12-28)33-13-17-9-29(27-25-17)6-7-32-21-8-16(23(30)24-19)4-5-20(21)31-3/h4-5,8-9,19,22H,6-7,10-13H2,1-3H3,(H,24,30)/t19-,22-/m0/s1. The zero-order chi connectivity index (χ0) is 23.7. The van der Waals surface area contributed by atoms with Crippen LogP contribution in [0.4, 0.5) is 0 Å². The molecular weight excluding hydrogens is 440 g/mol. The Morgan fingerprint density at radius 3 is 2.94 bits per heavy atom. The molecule has 180 valence electrons. The Kier molecular flexibility index (Phi) is 6.20. The van der Waals surface area contributed by atoms with Crippen LogP contribution in [-0.2, 0) is 24.4 Å². The van der Waals surface area contributed by atoms with Gasteiger partial charge in [0.25, 0.3) is 5.91 Å². The molecule has 1 saturated heterocycles. The summed E-state index contributed by atoms with van der Waals surface area (Å²) in [5, 5.41) is 15.6. The Balaban J connectivity index is 1.40. The number of benzene rings is 1. The molecular formula is C23H28N6O5. The fraction of sp³-hybridized carbons (Fsp3) is 0.478. The summed E-state index contributed by atoms with van der Waals surface area (Å²) in [7, 11) is 1.57. The van der Waals surface area contributed by atoms with Crippen molar-refractivity contribution in [2.24, 2.45) is 0 Å². The fourth-order valence-corrected chi connectivity index (χ4v) is 4.38. The smallest absolute Gasteiger partial charge is 0.251 e. The van der Waals surface area contributed by atoms with E-state index in [4.69, 9.17) is 18.7 Å². The first kappa shape index (κ1) is 22.4. The molecule has 0 radical (unpaired) electrons. The number of rotatable bonds is 3. The number of methoxy groups -OCH3 is 1. The minimum atomic E-state index is -0.214. The minimum absolute atomic E-state index is 0.190. The molecule has 1 fully saturated rings. The first-order valence-electron chi connectivity index (χ1n) is 11.3. The fourth-order valence-electron chi connectivity index (χ4n) is 4.38. The van der Waals surface area contributed by atoms with Crippen molar-refractivity contribution in [1.82, 2.24) is 30.4 Å². The SMILES string of the molecule is COc1ccc2cc1OCCn1cc(nn1)CO[C@H]1CN(Cc3c(C)noc3C)C[C@@H]1NC2=O. The van der Waals surface area contributed by atoms with Gasteiger partial charge in [-0.15, -0.1) is 5.10 Å². The summed E-state index contributed by atoms with van der Waals surface area (Å²) >= 11 is 0. The average molecular weight is 469 g/mol. The maximum absolute atomic E-state index is 13.2. The first-order valence-corrected chi connectivity index (χ1v) is 11.3. The molecule has 11 nitrogen and oxygen atoms in total. The third kappa shape index (κ3) is 4.62. The monoisotopic (exact) mass is 468 g/mol. The van der Waals surface area contributed by atoms with Gasteiger partial charge >= 0.3 is 0 Å². The lowest BCUT2D eigenvalue weighted by molar-refractivity contribution is 0.0293. The molecule has 2 aromatic heterocycles. The number of nitrogens with zero attached hydrogens (tertiary/aromatic N) is 5. The number of carbonyl (C=O) groups is 1. The third-order valence-electron chi connectivity index (χ3n) is 6.26. The number of hydrogen-bond acceptors (Lipinski definition) is 9. The Hall–Kier alpha value is -3.44. The summed E-state index contributed by atoms with van der Waals surface area (Å²) in [6.07, 6.45) is 1.63. The summed E-state index contributed by atoms with van der Waals surface area (Å²) < 4.78 is 24.6. The van der Waals surface area contributed by atoms with Gasteiger partial charge in [-0.1, -0.05) is 10.4 Å². The van der Waals surface area contributed by atoms with Crippen molar-refractivity contribution >= 4 is 5.91 Å². The molecule has 1 aromatic carbocycles. The van der Waals surface area contributed by atoms with Crippen molar-refractivity contribution in [3.05, 3.63) is 52.7 Å². The van der Waals surface area contributed by atoms with E-state index in [0.29, 0.717) is 56.5 Å². The van der Waals surface area contributed by atoms with Gasteiger partial charge in [0, 0.05) is 30.8 Å². The molecule has 4 bridgehead atoms. The lowest BCUT2D eigenvalue weighted by Gasteiger charge is -2.20. The second-order valence-electron chi connectivity index (χ2n) is 8.61. The van der Waals surface area contributed by atoms with E-state index < -0.39 is 0 Å². The first-order chi connectivity index (χ1) is 16.5. The molecule has 2 aliphatic heterocycles. The van der Waals surface area contributed by atoms with Crippen LogP contribution in [0.5, 0.6) is 11.5 Å².